The second-order valence-electron chi connectivity index (χ2n) is 5.42. The van der Waals surface area contributed by atoms with Gasteiger partial charge in [-0.25, -0.2) is 4.98 Å². The molecule has 112 valence electrons. The molecule has 1 saturated heterocycles. The molecule has 2 aromatic heterocycles. The number of piperidine rings is 1. The molecule has 0 aromatic carbocycles. The van der Waals surface area contributed by atoms with E-state index in [1.807, 2.05) is 13.0 Å². The van der Waals surface area contributed by atoms with Gasteiger partial charge < -0.3 is 9.63 Å². The molecule has 0 bridgehead atoms. The molecule has 0 saturated carbocycles. The van der Waals surface area contributed by atoms with Crippen molar-refractivity contribution < 1.29 is 9.63 Å². The predicted octanol–water partition coefficient (Wildman–Crippen LogP) is 1.99. The van der Waals surface area contributed by atoms with Gasteiger partial charge in [0.05, 0.1) is 18.2 Å². The summed E-state index contributed by atoms with van der Waals surface area (Å²) >= 11 is 6.02. The fourth-order valence-electron chi connectivity index (χ4n) is 2.54. The zero-order valence-electron chi connectivity index (χ0n) is 11.7. The normalized spacial score (nSPS) is 23.4. The first-order valence-electron chi connectivity index (χ1n) is 6.97. The van der Waals surface area contributed by atoms with Gasteiger partial charge in [-0.2, -0.15) is 4.98 Å². The van der Waals surface area contributed by atoms with Crippen molar-refractivity contribution in [3.05, 3.63) is 29.4 Å². The number of halogens is 1. The van der Waals surface area contributed by atoms with E-state index >= 15 is 0 Å². The molecule has 1 aliphatic heterocycles. The molecule has 7 heteroatoms. The van der Waals surface area contributed by atoms with E-state index in [2.05, 4.69) is 20.0 Å². The van der Waals surface area contributed by atoms with E-state index in [0.29, 0.717) is 29.0 Å². The van der Waals surface area contributed by atoms with Crippen molar-refractivity contribution in [2.24, 2.45) is 5.92 Å². The summed E-state index contributed by atoms with van der Waals surface area (Å²) in [5, 5.41) is 14.1. The molecule has 2 aromatic rings. The lowest BCUT2D eigenvalue weighted by molar-refractivity contribution is 0.0282. The molecule has 0 amide bonds. The monoisotopic (exact) mass is 308 g/mol. The lowest BCUT2D eigenvalue weighted by Gasteiger charge is -2.33. The molecule has 2 atom stereocenters. The Labute approximate surface area is 127 Å². The standard InChI is InChI=1S/C14H17ClN4O2/c1-9-7-19(6-4-11(9)20)8-12-17-14(18-21-12)10-3-2-5-16-13(10)15/h2-3,5,9,11,20H,4,6-8H2,1H3/t9-,11+/m0/s1. The largest absolute Gasteiger partial charge is 0.393 e. The first-order chi connectivity index (χ1) is 10.1. The number of aliphatic hydroxyl groups is 1. The van der Waals surface area contributed by atoms with Crippen LogP contribution < -0.4 is 0 Å². The highest BCUT2D eigenvalue weighted by Gasteiger charge is 2.25. The van der Waals surface area contributed by atoms with Gasteiger partial charge in [-0.1, -0.05) is 23.7 Å². The van der Waals surface area contributed by atoms with Crippen LogP contribution in [-0.2, 0) is 6.54 Å². The van der Waals surface area contributed by atoms with E-state index in [1.54, 1.807) is 12.3 Å². The molecular weight excluding hydrogens is 292 g/mol. The van der Waals surface area contributed by atoms with E-state index < -0.39 is 0 Å². The molecule has 1 N–H and O–H groups in total. The zero-order valence-corrected chi connectivity index (χ0v) is 12.5. The SMILES string of the molecule is C[C@H]1CN(Cc2nc(-c3cccnc3Cl)no2)CC[C@H]1O. The van der Waals surface area contributed by atoms with Gasteiger partial charge in [-0.05, 0) is 24.5 Å². The third-order valence-electron chi connectivity index (χ3n) is 3.77. The van der Waals surface area contributed by atoms with Crippen LogP contribution >= 0.6 is 11.6 Å². The Kier molecular flexibility index (Phi) is 4.19. The number of pyridine rings is 1. The third-order valence-corrected chi connectivity index (χ3v) is 4.07. The minimum absolute atomic E-state index is 0.214. The molecule has 3 rings (SSSR count). The third kappa shape index (κ3) is 3.23. The van der Waals surface area contributed by atoms with Crippen LogP contribution in [0.15, 0.2) is 22.9 Å². The Morgan fingerprint density at radius 1 is 1.52 bits per heavy atom. The molecule has 0 aliphatic carbocycles. The van der Waals surface area contributed by atoms with Gasteiger partial charge >= 0.3 is 0 Å². The van der Waals surface area contributed by atoms with Gasteiger partial charge in [0, 0.05) is 19.3 Å². The highest BCUT2D eigenvalue weighted by molar-refractivity contribution is 6.31. The highest BCUT2D eigenvalue weighted by Crippen LogP contribution is 2.24. The van der Waals surface area contributed by atoms with Crippen LogP contribution in [0.1, 0.15) is 19.2 Å². The minimum atomic E-state index is -0.214. The van der Waals surface area contributed by atoms with E-state index in [4.69, 9.17) is 16.1 Å². The molecule has 0 radical (unpaired) electrons. The van der Waals surface area contributed by atoms with Gasteiger partial charge in [-0.3, -0.25) is 4.90 Å². The summed E-state index contributed by atoms with van der Waals surface area (Å²) in [6, 6.07) is 3.59. The smallest absolute Gasteiger partial charge is 0.241 e. The Balaban J connectivity index is 1.70. The molecule has 1 fully saturated rings. The van der Waals surface area contributed by atoms with Crippen LogP contribution in [0.5, 0.6) is 0 Å². The Morgan fingerprint density at radius 2 is 2.38 bits per heavy atom. The summed E-state index contributed by atoms with van der Waals surface area (Å²) in [5.41, 5.74) is 0.664. The zero-order chi connectivity index (χ0) is 14.8. The summed E-state index contributed by atoms with van der Waals surface area (Å²) in [6.45, 7) is 4.29. The quantitative estimate of drug-likeness (QED) is 0.874. The van der Waals surface area contributed by atoms with Crippen molar-refractivity contribution in [1.82, 2.24) is 20.0 Å². The van der Waals surface area contributed by atoms with Gasteiger partial charge in [0.2, 0.25) is 11.7 Å². The molecule has 21 heavy (non-hydrogen) atoms. The molecule has 0 unspecified atom stereocenters. The number of likely N-dealkylation sites (tertiary alicyclic amines) is 1. The van der Waals surface area contributed by atoms with Crippen LogP contribution in [0, 0.1) is 5.92 Å². The Morgan fingerprint density at radius 3 is 3.14 bits per heavy atom. The fraction of sp³-hybridized carbons (Fsp3) is 0.500. The number of rotatable bonds is 3. The van der Waals surface area contributed by atoms with Crippen molar-refractivity contribution in [2.75, 3.05) is 13.1 Å². The Bertz CT molecular complexity index is 619. The summed E-state index contributed by atoms with van der Waals surface area (Å²) in [7, 11) is 0. The van der Waals surface area contributed by atoms with Crippen molar-refractivity contribution in [3.63, 3.8) is 0 Å². The fourth-order valence-corrected chi connectivity index (χ4v) is 2.74. The summed E-state index contributed by atoms with van der Waals surface area (Å²) < 4.78 is 5.29. The van der Waals surface area contributed by atoms with Gasteiger partial charge in [-0.15, -0.1) is 0 Å². The van der Waals surface area contributed by atoms with Gasteiger partial charge in [0.1, 0.15) is 5.15 Å². The lowest BCUT2D eigenvalue weighted by atomic mass is 9.97. The highest BCUT2D eigenvalue weighted by atomic mass is 35.5. The Hall–Kier alpha value is -1.50. The predicted molar refractivity (Wildman–Crippen MR) is 77.6 cm³/mol. The van der Waals surface area contributed by atoms with E-state index in [-0.39, 0.29) is 12.0 Å². The number of nitrogens with zero attached hydrogens (tertiary/aromatic N) is 4. The van der Waals surface area contributed by atoms with E-state index in [1.165, 1.54) is 0 Å². The van der Waals surface area contributed by atoms with Crippen LogP contribution in [0.25, 0.3) is 11.4 Å². The summed E-state index contributed by atoms with van der Waals surface area (Å²) in [4.78, 5) is 10.6. The van der Waals surface area contributed by atoms with Gasteiger partial charge in [0.15, 0.2) is 0 Å². The average Bonchev–Trinajstić information content (AvgIpc) is 2.92. The molecular formula is C14H17ClN4O2. The van der Waals surface area contributed by atoms with Crippen LogP contribution in [0.3, 0.4) is 0 Å². The number of hydrogen-bond acceptors (Lipinski definition) is 6. The average molecular weight is 309 g/mol. The first-order valence-corrected chi connectivity index (χ1v) is 7.35. The number of hydrogen-bond donors (Lipinski definition) is 1. The molecule has 0 spiro atoms. The summed E-state index contributed by atoms with van der Waals surface area (Å²) in [5.74, 6) is 1.26. The van der Waals surface area contributed by atoms with Crippen molar-refractivity contribution in [2.45, 2.75) is 26.0 Å². The van der Waals surface area contributed by atoms with Crippen molar-refractivity contribution in [3.8, 4) is 11.4 Å². The van der Waals surface area contributed by atoms with Crippen LogP contribution in [0.2, 0.25) is 5.15 Å². The second kappa shape index (κ2) is 6.09. The maximum absolute atomic E-state index is 9.75. The maximum Gasteiger partial charge on any atom is 0.241 e. The number of aromatic nitrogens is 3. The topological polar surface area (TPSA) is 75.3 Å². The van der Waals surface area contributed by atoms with Crippen LogP contribution in [-0.4, -0.2) is 44.3 Å². The van der Waals surface area contributed by atoms with Crippen molar-refractivity contribution in [1.29, 1.82) is 0 Å². The van der Waals surface area contributed by atoms with Crippen LogP contribution in [0.4, 0.5) is 0 Å². The van der Waals surface area contributed by atoms with E-state index in [9.17, 15) is 5.11 Å². The number of aliphatic hydroxyl groups excluding tert-OH is 1. The molecule has 6 nitrogen and oxygen atoms in total. The van der Waals surface area contributed by atoms with E-state index in [0.717, 1.165) is 19.5 Å². The minimum Gasteiger partial charge on any atom is -0.393 e. The lowest BCUT2D eigenvalue weighted by Crippen LogP contribution is -2.41. The van der Waals surface area contributed by atoms with Gasteiger partial charge in [0.25, 0.3) is 0 Å². The molecule has 3 heterocycles. The van der Waals surface area contributed by atoms with Crippen molar-refractivity contribution >= 4 is 11.6 Å². The molecule has 1 aliphatic rings. The second-order valence-corrected chi connectivity index (χ2v) is 5.78. The first kappa shape index (κ1) is 14.4. The maximum atomic E-state index is 9.75. The summed E-state index contributed by atoms with van der Waals surface area (Å²) in [6.07, 6.45) is 2.18.